The molecule has 0 saturated carbocycles. The van der Waals surface area contributed by atoms with Gasteiger partial charge in [-0.3, -0.25) is 0 Å². The Balaban J connectivity index is 1.88. The van der Waals surface area contributed by atoms with Crippen molar-refractivity contribution in [3.8, 4) is 11.5 Å². The molecule has 2 N–H and O–H groups in total. The molecule has 118 valence electrons. The molecule has 0 amide bonds. The van der Waals surface area contributed by atoms with Gasteiger partial charge < -0.3 is 10.3 Å². The van der Waals surface area contributed by atoms with Crippen LogP contribution in [-0.4, -0.2) is 24.3 Å². The zero-order valence-electron chi connectivity index (χ0n) is 12.4. The van der Waals surface area contributed by atoms with Crippen LogP contribution in [0.2, 0.25) is 0 Å². The Morgan fingerprint density at radius 1 is 1.41 bits per heavy atom. The standard InChI is InChI=1S/C15H19N3O3S/c1-2-22(19,20)9-14-17-15(21-18-14)11-6-7-12-10(8-11)4-3-5-13(12)16/h6-8,13H,2-5,9,16H2,1H3. The molecule has 0 bridgehead atoms. The molecule has 1 aromatic carbocycles. The maximum Gasteiger partial charge on any atom is 0.257 e. The summed E-state index contributed by atoms with van der Waals surface area (Å²) in [7, 11) is -3.16. The van der Waals surface area contributed by atoms with Crippen LogP contribution in [0.5, 0.6) is 0 Å². The van der Waals surface area contributed by atoms with Crippen molar-refractivity contribution < 1.29 is 12.9 Å². The fraction of sp³-hybridized carbons (Fsp3) is 0.467. The molecule has 22 heavy (non-hydrogen) atoms. The van der Waals surface area contributed by atoms with E-state index >= 15 is 0 Å². The highest BCUT2D eigenvalue weighted by Crippen LogP contribution is 2.31. The van der Waals surface area contributed by atoms with E-state index in [4.69, 9.17) is 10.3 Å². The maximum atomic E-state index is 11.6. The Kier molecular flexibility index (Phi) is 4.01. The van der Waals surface area contributed by atoms with Crippen LogP contribution in [0.25, 0.3) is 11.5 Å². The second-order valence-corrected chi connectivity index (χ2v) is 7.96. The molecule has 6 nitrogen and oxygen atoms in total. The van der Waals surface area contributed by atoms with Crippen molar-refractivity contribution in [3.05, 3.63) is 35.2 Å². The van der Waals surface area contributed by atoms with Crippen LogP contribution in [0.1, 0.15) is 42.8 Å². The lowest BCUT2D eigenvalue weighted by Crippen LogP contribution is -2.17. The van der Waals surface area contributed by atoms with Crippen molar-refractivity contribution >= 4 is 9.84 Å². The first-order valence-electron chi connectivity index (χ1n) is 7.40. The van der Waals surface area contributed by atoms with Gasteiger partial charge in [0.2, 0.25) is 0 Å². The van der Waals surface area contributed by atoms with Crippen LogP contribution >= 0.6 is 0 Å². The Morgan fingerprint density at radius 2 is 2.23 bits per heavy atom. The van der Waals surface area contributed by atoms with Gasteiger partial charge in [-0.15, -0.1) is 0 Å². The first-order chi connectivity index (χ1) is 10.5. The number of aromatic nitrogens is 2. The summed E-state index contributed by atoms with van der Waals surface area (Å²) in [5, 5.41) is 3.76. The smallest absolute Gasteiger partial charge is 0.257 e. The predicted molar refractivity (Wildman–Crippen MR) is 82.8 cm³/mol. The molecule has 0 radical (unpaired) electrons. The summed E-state index contributed by atoms with van der Waals surface area (Å²) < 4.78 is 28.4. The van der Waals surface area contributed by atoms with Gasteiger partial charge in [0, 0.05) is 17.4 Å². The molecule has 0 fully saturated rings. The monoisotopic (exact) mass is 321 g/mol. The van der Waals surface area contributed by atoms with E-state index in [1.807, 2.05) is 18.2 Å². The normalized spacial score (nSPS) is 18.2. The summed E-state index contributed by atoms with van der Waals surface area (Å²) in [6.07, 6.45) is 3.06. The second kappa shape index (κ2) is 5.81. The summed E-state index contributed by atoms with van der Waals surface area (Å²) in [5.74, 6) is 0.422. The highest BCUT2D eigenvalue weighted by Gasteiger charge is 2.19. The van der Waals surface area contributed by atoms with Crippen LogP contribution in [-0.2, 0) is 22.0 Å². The minimum absolute atomic E-state index is 0.0631. The van der Waals surface area contributed by atoms with Gasteiger partial charge in [-0.1, -0.05) is 18.1 Å². The topological polar surface area (TPSA) is 99.1 Å². The summed E-state index contributed by atoms with van der Waals surface area (Å²) in [6, 6.07) is 6.00. The average Bonchev–Trinajstić information content (AvgIpc) is 2.95. The molecule has 1 heterocycles. The number of nitrogens with zero attached hydrogens (tertiary/aromatic N) is 2. The molecule has 1 unspecified atom stereocenters. The Morgan fingerprint density at radius 3 is 3.00 bits per heavy atom. The van der Waals surface area contributed by atoms with Gasteiger partial charge in [0.05, 0.1) is 0 Å². The average molecular weight is 321 g/mol. The predicted octanol–water partition coefficient (Wildman–Crippen LogP) is 2.01. The van der Waals surface area contributed by atoms with Crippen LogP contribution < -0.4 is 5.73 Å². The molecule has 7 heteroatoms. The molecule has 1 atom stereocenters. The van der Waals surface area contributed by atoms with E-state index in [-0.39, 0.29) is 23.4 Å². The molecule has 1 aliphatic rings. The molecular weight excluding hydrogens is 302 g/mol. The summed E-state index contributed by atoms with van der Waals surface area (Å²) >= 11 is 0. The van der Waals surface area contributed by atoms with Gasteiger partial charge in [0.15, 0.2) is 15.7 Å². The number of nitrogens with two attached hydrogens (primary N) is 1. The van der Waals surface area contributed by atoms with Gasteiger partial charge >= 0.3 is 0 Å². The van der Waals surface area contributed by atoms with E-state index in [1.54, 1.807) is 6.92 Å². The summed E-state index contributed by atoms with van der Waals surface area (Å²) in [4.78, 5) is 4.19. The van der Waals surface area contributed by atoms with Gasteiger partial charge in [-0.25, -0.2) is 8.42 Å². The molecule has 0 spiro atoms. The number of sulfone groups is 1. The van der Waals surface area contributed by atoms with Crippen molar-refractivity contribution in [2.75, 3.05) is 5.75 Å². The van der Waals surface area contributed by atoms with E-state index in [0.29, 0.717) is 5.89 Å². The van der Waals surface area contributed by atoms with Gasteiger partial charge in [-0.05, 0) is 42.5 Å². The largest absolute Gasteiger partial charge is 0.334 e. The lowest BCUT2D eigenvalue weighted by atomic mass is 9.87. The molecule has 1 aliphatic carbocycles. The Labute approximate surface area is 129 Å². The first-order valence-corrected chi connectivity index (χ1v) is 9.22. The van der Waals surface area contributed by atoms with Crippen LogP contribution in [0.3, 0.4) is 0 Å². The third kappa shape index (κ3) is 3.05. The SMILES string of the molecule is CCS(=O)(=O)Cc1noc(-c2ccc3c(c2)CCCC3N)n1. The summed E-state index contributed by atoms with van der Waals surface area (Å²) in [5.41, 5.74) is 9.29. The minimum Gasteiger partial charge on any atom is -0.334 e. The lowest BCUT2D eigenvalue weighted by molar-refractivity contribution is 0.424. The third-order valence-electron chi connectivity index (χ3n) is 4.01. The van der Waals surface area contributed by atoms with Crippen molar-refractivity contribution in [2.45, 2.75) is 38.0 Å². The van der Waals surface area contributed by atoms with Crippen molar-refractivity contribution in [2.24, 2.45) is 5.73 Å². The van der Waals surface area contributed by atoms with Crippen molar-refractivity contribution in [1.29, 1.82) is 0 Å². The molecule has 3 rings (SSSR count). The van der Waals surface area contributed by atoms with Crippen LogP contribution in [0.4, 0.5) is 0 Å². The molecule has 0 aliphatic heterocycles. The number of aryl methyl sites for hydroxylation is 1. The van der Waals surface area contributed by atoms with Gasteiger partial charge in [0.25, 0.3) is 5.89 Å². The van der Waals surface area contributed by atoms with E-state index in [2.05, 4.69) is 10.1 Å². The number of fused-ring (bicyclic) bond motifs is 1. The first kappa shape index (κ1) is 15.2. The molecule has 1 aromatic heterocycles. The minimum atomic E-state index is -3.16. The number of benzene rings is 1. The van der Waals surface area contributed by atoms with Crippen LogP contribution in [0.15, 0.2) is 22.7 Å². The maximum absolute atomic E-state index is 11.6. The Hall–Kier alpha value is -1.73. The highest BCUT2D eigenvalue weighted by molar-refractivity contribution is 7.90. The van der Waals surface area contributed by atoms with Gasteiger partial charge in [0.1, 0.15) is 5.75 Å². The zero-order valence-corrected chi connectivity index (χ0v) is 13.3. The lowest BCUT2D eigenvalue weighted by Gasteiger charge is -2.22. The quantitative estimate of drug-likeness (QED) is 0.924. The number of hydrogen-bond acceptors (Lipinski definition) is 6. The van der Waals surface area contributed by atoms with Crippen LogP contribution in [0, 0.1) is 0 Å². The zero-order chi connectivity index (χ0) is 15.7. The fourth-order valence-electron chi connectivity index (χ4n) is 2.71. The van der Waals surface area contributed by atoms with E-state index in [1.165, 1.54) is 11.1 Å². The fourth-order valence-corrected chi connectivity index (χ4v) is 3.43. The van der Waals surface area contributed by atoms with Gasteiger partial charge in [-0.2, -0.15) is 4.98 Å². The highest BCUT2D eigenvalue weighted by atomic mass is 32.2. The summed E-state index contributed by atoms with van der Waals surface area (Å²) in [6.45, 7) is 1.60. The van der Waals surface area contributed by atoms with Crippen molar-refractivity contribution in [1.82, 2.24) is 10.1 Å². The molecule has 0 saturated heterocycles. The number of rotatable bonds is 4. The third-order valence-corrected chi connectivity index (χ3v) is 5.59. The second-order valence-electron chi connectivity index (χ2n) is 5.60. The Bertz CT molecular complexity index is 783. The van der Waals surface area contributed by atoms with E-state index in [9.17, 15) is 8.42 Å². The van der Waals surface area contributed by atoms with E-state index < -0.39 is 9.84 Å². The van der Waals surface area contributed by atoms with Crippen molar-refractivity contribution in [3.63, 3.8) is 0 Å². The molecular formula is C15H19N3O3S. The number of hydrogen-bond donors (Lipinski definition) is 1. The molecule has 2 aromatic rings. The van der Waals surface area contributed by atoms with E-state index in [0.717, 1.165) is 24.8 Å².